The summed E-state index contributed by atoms with van der Waals surface area (Å²) in [5, 5.41) is 12.1. The normalized spacial score (nSPS) is 12.3. The molecule has 0 fully saturated rings. The third kappa shape index (κ3) is 4.47. The van der Waals surface area contributed by atoms with Crippen molar-refractivity contribution in [3.8, 4) is 5.75 Å². The van der Waals surface area contributed by atoms with Crippen LogP contribution in [0.15, 0.2) is 58.0 Å². The van der Waals surface area contributed by atoms with Crippen LogP contribution in [-0.2, 0) is 0 Å². The summed E-state index contributed by atoms with van der Waals surface area (Å²) in [5.74, 6) is 1.99. The summed E-state index contributed by atoms with van der Waals surface area (Å²) >= 11 is 4.90. The van der Waals surface area contributed by atoms with E-state index in [0.717, 1.165) is 32.0 Å². The molecule has 0 unspecified atom stereocenters. The number of thioether (sulfide) groups is 1. The second-order valence-corrected chi connectivity index (χ2v) is 7.25. The van der Waals surface area contributed by atoms with Gasteiger partial charge in [-0.1, -0.05) is 34.1 Å². The topological polar surface area (TPSA) is 55.2 Å². The third-order valence-electron chi connectivity index (χ3n) is 3.35. The lowest BCUT2D eigenvalue weighted by Gasteiger charge is -2.13. The number of ether oxygens (including phenoxy) is 1. The Hall–Kier alpha value is -1.63. The van der Waals surface area contributed by atoms with Gasteiger partial charge in [0.05, 0.1) is 11.6 Å². The van der Waals surface area contributed by atoms with Crippen molar-refractivity contribution in [3.05, 3.63) is 58.8 Å². The predicted octanol–water partition coefficient (Wildman–Crippen LogP) is 4.23. The molecule has 0 amide bonds. The van der Waals surface area contributed by atoms with Crippen molar-refractivity contribution in [3.63, 3.8) is 0 Å². The van der Waals surface area contributed by atoms with Crippen molar-refractivity contribution in [2.45, 2.75) is 18.1 Å². The van der Waals surface area contributed by atoms with Crippen LogP contribution < -0.4 is 4.74 Å². The molecule has 1 heterocycles. The van der Waals surface area contributed by atoms with Crippen LogP contribution in [-0.4, -0.2) is 33.5 Å². The molecule has 1 atom stereocenters. The van der Waals surface area contributed by atoms with Crippen molar-refractivity contribution in [2.24, 2.45) is 0 Å². The first-order chi connectivity index (χ1) is 11.6. The molecule has 0 aliphatic heterocycles. The van der Waals surface area contributed by atoms with Crippen LogP contribution in [0.25, 0.3) is 10.9 Å². The van der Waals surface area contributed by atoms with Crippen LogP contribution in [0, 0.1) is 6.92 Å². The van der Waals surface area contributed by atoms with E-state index in [1.54, 1.807) is 0 Å². The van der Waals surface area contributed by atoms with Gasteiger partial charge in [0.25, 0.3) is 0 Å². The van der Waals surface area contributed by atoms with Crippen LogP contribution in [0.1, 0.15) is 5.82 Å². The van der Waals surface area contributed by atoms with Crippen molar-refractivity contribution in [2.75, 3.05) is 12.4 Å². The quantitative estimate of drug-likeness (QED) is 0.491. The number of aromatic nitrogens is 2. The van der Waals surface area contributed by atoms with Gasteiger partial charge >= 0.3 is 0 Å². The Morgan fingerprint density at radius 3 is 2.67 bits per heavy atom. The second-order valence-electron chi connectivity index (χ2n) is 5.32. The highest BCUT2D eigenvalue weighted by Crippen LogP contribution is 2.26. The molecule has 0 spiro atoms. The van der Waals surface area contributed by atoms with Gasteiger partial charge in [0.15, 0.2) is 0 Å². The SMILES string of the molecule is Cc1nc(SC[C@@H](O)COc2ccc(Br)cc2)c2ccccc2n1. The van der Waals surface area contributed by atoms with E-state index in [-0.39, 0.29) is 6.61 Å². The zero-order valence-corrected chi connectivity index (χ0v) is 15.5. The lowest BCUT2D eigenvalue weighted by molar-refractivity contribution is 0.126. The molecule has 1 N–H and O–H groups in total. The van der Waals surface area contributed by atoms with Crippen LogP contribution >= 0.6 is 27.7 Å². The molecule has 4 nitrogen and oxygen atoms in total. The Morgan fingerprint density at radius 2 is 1.88 bits per heavy atom. The van der Waals surface area contributed by atoms with E-state index >= 15 is 0 Å². The highest BCUT2D eigenvalue weighted by molar-refractivity contribution is 9.10. The van der Waals surface area contributed by atoms with Crippen LogP contribution in [0.5, 0.6) is 5.75 Å². The largest absolute Gasteiger partial charge is 0.491 e. The average molecular weight is 405 g/mol. The number of rotatable bonds is 6. The first-order valence-corrected chi connectivity index (χ1v) is 9.32. The summed E-state index contributed by atoms with van der Waals surface area (Å²) in [4.78, 5) is 8.93. The first kappa shape index (κ1) is 17.2. The highest BCUT2D eigenvalue weighted by Gasteiger charge is 2.11. The Balaban J connectivity index is 1.60. The van der Waals surface area contributed by atoms with E-state index in [2.05, 4.69) is 25.9 Å². The van der Waals surface area contributed by atoms with E-state index in [1.165, 1.54) is 11.8 Å². The number of aliphatic hydroxyl groups excluding tert-OH is 1. The Bertz CT molecular complexity index is 827. The fourth-order valence-electron chi connectivity index (χ4n) is 2.21. The number of hydrogen-bond acceptors (Lipinski definition) is 5. The zero-order chi connectivity index (χ0) is 16.9. The molecule has 3 aromatic rings. The monoisotopic (exact) mass is 404 g/mol. The van der Waals surface area contributed by atoms with Gasteiger partial charge in [0, 0.05) is 15.6 Å². The van der Waals surface area contributed by atoms with Gasteiger partial charge < -0.3 is 9.84 Å². The lowest BCUT2D eigenvalue weighted by atomic mass is 10.2. The highest BCUT2D eigenvalue weighted by atomic mass is 79.9. The summed E-state index contributed by atoms with van der Waals surface area (Å²) in [5.41, 5.74) is 0.924. The molecule has 0 aliphatic rings. The van der Waals surface area contributed by atoms with Crippen LogP contribution in [0.2, 0.25) is 0 Å². The zero-order valence-electron chi connectivity index (χ0n) is 13.1. The number of fused-ring (bicyclic) bond motifs is 1. The van der Waals surface area contributed by atoms with Crippen LogP contribution in [0.3, 0.4) is 0 Å². The molecule has 0 saturated carbocycles. The fourth-order valence-corrected chi connectivity index (χ4v) is 3.45. The minimum absolute atomic E-state index is 0.247. The van der Waals surface area contributed by atoms with Gasteiger partial charge in [-0.3, -0.25) is 0 Å². The Morgan fingerprint density at radius 1 is 1.12 bits per heavy atom. The molecule has 124 valence electrons. The number of para-hydroxylation sites is 1. The number of hydrogen-bond donors (Lipinski definition) is 1. The van der Waals surface area contributed by atoms with E-state index in [4.69, 9.17) is 4.74 Å². The number of aliphatic hydroxyl groups is 1. The van der Waals surface area contributed by atoms with E-state index < -0.39 is 6.10 Å². The van der Waals surface area contributed by atoms with Gasteiger partial charge in [-0.05, 0) is 37.3 Å². The average Bonchev–Trinajstić information content (AvgIpc) is 2.59. The van der Waals surface area contributed by atoms with Gasteiger partial charge in [-0.2, -0.15) is 0 Å². The molecule has 0 bridgehead atoms. The summed E-state index contributed by atoms with van der Waals surface area (Å²) in [6, 6.07) is 15.5. The smallest absolute Gasteiger partial charge is 0.127 e. The molecule has 3 rings (SSSR count). The first-order valence-electron chi connectivity index (χ1n) is 7.54. The molecular weight excluding hydrogens is 388 g/mol. The summed E-state index contributed by atoms with van der Waals surface area (Å²) in [6.45, 7) is 2.13. The van der Waals surface area contributed by atoms with Gasteiger partial charge in [-0.15, -0.1) is 11.8 Å². The minimum Gasteiger partial charge on any atom is -0.491 e. The van der Waals surface area contributed by atoms with Gasteiger partial charge in [0.2, 0.25) is 0 Å². The van der Waals surface area contributed by atoms with E-state index in [1.807, 2.05) is 55.5 Å². The van der Waals surface area contributed by atoms with E-state index in [9.17, 15) is 5.11 Å². The van der Waals surface area contributed by atoms with Crippen molar-refractivity contribution in [1.82, 2.24) is 9.97 Å². The second kappa shape index (κ2) is 7.96. The van der Waals surface area contributed by atoms with Crippen LogP contribution in [0.4, 0.5) is 0 Å². The molecule has 6 heteroatoms. The molecular formula is C18H17BrN2O2S. The molecule has 0 saturated heterocycles. The Labute approximate surface area is 153 Å². The molecule has 24 heavy (non-hydrogen) atoms. The summed E-state index contributed by atoms with van der Waals surface area (Å²) in [7, 11) is 0. The van der Waals surface area contributed by atoms with Crippen molar-refractivity contribution >= 4 is 38.6 Å². The number of aryl methyl sites for hydroxylation is 1. The molecule has 2 aromatic carbocycles. The molecule has 0 aliphatic carbocycles. The molecule has 0 radical (unpaired) electrons. The maximum atomic E-state index is 10.2. The molecule has 1 aromatic heterocycles. The van der Waals surface area contributed by atoms with Crippen molar-refractivity contribution in [1.29, 1.82) is 0 Å². The summed E-state index contributed by atoms with van der Waals surface area (Å²) < 4.78 is 6.60. The minimum atomic E-state index is -0.576. The van der Waals surface area contributed by atoms with Gasteiger partial charge in [0.1, 0.15) is 23.2 Å². The third-order valence-corrected chi connectivity index (χ3v) is 5.01. The standard InChI is InChI=1S/C18H17BrN2O2S/c1-12-20-17-5-3-2-4-16(17)18(21-12)24-11-14(22)10-23-15-8-6-13(19)7-9-15/h2-9,14,22H,10-11H2,1H3/t14-/m0/s1. The Kier molecular flexibility index (Phi) is 5.71. The number of benzene rings is 2. The van der Waals surface area contributed by atoms with Gasteiger partial charge in [-0.25, -0.2) is 9.97 Å². The number of nitrogens with zero attached hydrogens (tertiary/aromatic N) is 2. The van der Waals surface area contributed by atoms with E-state index in [0.29, 0.717) is 5.75 Å². The maximum absolute atomic E-state index is 10.2. The maximum Gasteiger partial charge on any atom is 0.127 e. The fraction of sp³-hybridized carbons (Fsp3) is 0.222. The summed E-state index contributed by atoms with van der Waals surface area (Å²) in [6.07, 6.45) is -0.576. The predicted molar refractivity (Wildman–Crippen MR) is 101 cm³/mol. The van der Waals surface area contributed by atoms with Crippen molar-refractivity contribution < 1.29 is 9.84 Å². The lowest BCUT2D eigenvalue weighted by Crippen LogP contribution is -2.20. The number of halogens is 1.